The Morgan fingerprint density at radius 3 is 2.24 bits per heavy atom. The van der Waals surface area contributed by atoms with Gasteiger partial charge in [0.15, 0.2) is 0 Å². The van der Waals surface area contributed by atoms with E-state index in [9.17, 15) is 4.79 Å². The highest BCUT2D eigenvalue weighted by Gasteiger charge is 2.32. The lowest BCUT2D eigenvalue weighted by Gasteiger charge is -2.35. The summed E-state index contributed by atoms with van der Waals surface area (Å²) in [4.78, 5) is 14.2. The predicted molar refractivity (Wildman–Crippen MR) is 88.3 cm³/mol. The molecule has 3 N–H and O–H groups in total. The molecule has 21 heavy (non-hydrogen) atoms. The Kier molecular flexibility index (Phi) is 9.83. The third-order valence-electron chi connectivity index (χ3n) is 4.09. The zero-order chi connectivity index (χ0) is 16.5. The van der Waals surface area contributed by atoms with E-state index in [4.69, 9.17) is 10.5 Å². The number of hydrogen-bond donors (Lipinski definition) is 2. The lowest BCUT2D eigenvalue weighted by Crippen LogP contribution is -2.57. The fourth-order valence-electron chi connectivity index (χ4n) is 2.76. The first-order valence-electron chi connectivity index (χ1n) is 8.11. The van der Waals surface area contributed by atoms with E-state index < -0.39 is 5.54 Å². The minimum Gasteiger partial charge on any atom is -0.383 e. The van der Waals surface area contributed by atoms with Crippen LogP contribution in [0.15, 0.2) is 0 Å². The molecule has 1 unspecified atom stereocenters. The Balaban J connectivity index is 4.77. The minimum absolute atomic E-state index is 0.225. The van der Waals surface area contributed by atoms with Crippen molar-refractivity contribution in [1.82, 2.24) is 10.2 Å². The van der Waals surface area contributed by atoms with Gasteiger partial charge in [-0.1, -0.05) is 13.8 Å². The number of nitrogens with zero attached hydrogens (tertiary/aromatic N) is 1. The van der Waals surface area contributed by atoms with Crippen molar-refractivity contribution < 1.29 is 9.53 Å². The molecule has 0 aromatic rings. The van der Waals surface area contributed by atoms with E-state index in [-0.39, 0.29) is 11.9 Å². The summed E-state index contributed by atoms with van der Waals surface area (Å²) in [5.41, 5.74) is 4.94. The summed E-state index contributed by atoms with van der Waals surface area (Å²) in [5.74, 6) is -0.285. The molecule has 0 aromatic carbocycles. The highest BCUT2D eigenvalue weighted by Crippen LogP contribution is 2.15. The van der Waals surface area contributed by atoms with Gasteiger partial charge in [-0.05, 0) is 40.0 Å². The van der Waals surface area contributed by atoms with Gasteiger partial charge in [0.1, 0.15) is 0 Å². The molecule has 0 bridgehead atoms. The van der Waals surface area contributed by atoms with Gasteiger partial charge in [-0.25, -0.2) is 0 Å². The average Bonchev–Trinajstić information content (AvgIpc) is 2.41. The van der Waals surface area contributed by atoms with Gasteiger partial charge >= 0.3 is 0 Å². The van der Waals surface area contributed by atoms with Crippen molar-refractivity contribution in [3.8, 4) is 0 Å². The van der Waals surface area contributed by atoms with E-state index in [0.717, 1.165) is 25.9 Å². The lowest BCUT2D eigenvalue weighted by atomic mass is 9.94. The molecule has 0 saturated carbocycles. The molecule has 5 nitrogen and oxygen atoms in total. The molecule has 0 saturated heterocycles. The molecule has 0 rings (SSSR count). The van der Waals surface area contributed by atoms with Crippen LogP contribution >= 0.6 is 0 Å². The highest BCUT2D eigenvalue weighted by molar-refractivity contribution is 5.84. The van der Waals surface area contributed by atoms with Crippen LogP contribution in [0, 0.1) is 0 Å². The lowest BCUT2D eigenvalue weighted by molar-refractivity contribution is -0.124. The first kappa shape index (κ1) is 20.3. The number of primary amides is 1. The van der Waals surface area contributed by atoms with Gasteiger partial charge in [-0.2, -0.15) is 0 Å². The summed E-state index contributed by atoms with van der Waals surface area (Å²) in [5, 5.41) is 3.31. The van der Waals surface area contributed by atoms with Crippen molar-refractivity contribution in [2.75, 3.05) is 26.8 Å². The minimum atomic E-state index is -0.661. The number of carbonyl (C=O) groups is 1. The summed E-state index contributed by atoms with van der Waals surface area (Å²) in [6.07, 6.45) is 2.91. The monoisotopic (exact) mass is 301 g/mol. The van der Waals surface area contributed by atoms with Gasteiger partial charge in [0.25, 0.3) is 0 Å². The number of rotatable bonds is 12. The fraction of sp³-hybridized carbons (Fsp3) is 0.938. The summed E-state index contributed by atoms with van der Waals surface area (Å²) in [6.45, 7) is 12.8. The van der Waals surface area contributed by atoms with Gasteiger partial charge in [0, 0.05) is 32.3 Å². The largest absolute Gasteiger partial charge is 0.383 e. The van der Waals surface area contributed by atoms with Crippen LogP contribution in [0.4, 0.5) is 0 Å². The topological polar surface area (TPSA) is 67.6 Å². The highest BCUT2D eigenvalue weighted by atomic mass is 16.5. The first-order valence-corrected chi connectivity index (χ1v) is 8.11. The standard InChI is InChI=1S/C16H35N3O2/c1-7-14(8-2)19(11-12-21-6)10-9-16(5,15(17)20)18-13(3)4/h13-14,18H,7-12H2,1-6H3,(H2,17,20). The second-order valence-corrected chi connectivity index (χ2v) is 6.24. The van der Waals surface area contributed by atoms with Crippen LogP contribution in [0.1, 0.15) is 53.9 Å². The second kappa shape index (κ2) is 10.1. The molecule has 0 aliphatic carbocycles. The fourth-order valence-corrected chi connectivity index (χ4v) is 2.76. The molecule has 0 aromatic heterocycles. The van der Waals surface area contributed by atoms with Crippen molar-refractivity contribution in [2.45, 2.75) is 71.5 Å². The molecular formula is C16H35N3O2. The number of hydrogen-bond acceptors (Lipinski definition) is 4. The van der Waals surface area contributed by atoms with Crippen molar-refractivity contribution in [3.63, 3.8) is 0 Å². The molecule has 126 valence electrons. The van der Waals surface area contributed by atoms with E-state index in [1.807, 2.05) is 20.8 Å². The van der Waals surface area contributed by atoms with E-state index in [0.29, 0.717) is 19.1 Å². The van der Waals surface area contributed by atoms with Crippen molar-refractivity contribution in [3.05, 3.63) is 0 Å². The summed E-state index contributed by atoms with van der Waals surface area (Å²) in [7, 11) is 1.72. The molecule has 1 atom stereocenters. The Hall–Kier alpha value is -0.650. The van der Waals surface area contributed by atoms with E-state index in [1.54, 1.807) is 7.11 Å². The zero-order valence-electron chi connectivity index (χ0n) is 14.7. The van der Waals surface area contributed by atoms with E-state index >= 15 is 0 Å². The van der Waals surface area contributed by atoms with Crippen LogP contribution in [0.25, 0.3) is 0 Å². The summed E-state index contributed by atoms with van der Waals surface area (Å²) < 4.78 is 5.21. The second-order valence-electron chi connectivity index (χ2n) is 6.24. The maximum Gasteiger partial charge on any atom is 0.237 e. The van der Waals surface area contributed by atoms with Crippen LogP contribution in [0.2, 0.25) is 0 Å². The van der Waals surface area contributed by atoms with Gasteiger partial charge < -0.3 is 15.8 Å². The van der Waals surface area contributed by atoms with Gasteiger partial charge in [0.2, 0.25) is 5.91 Å². The SMILES string of the molecule is CCC(CC)N(CCOC)CCC(C)(NC(C)C)C(N)=O. The molecule has 0 spiro atoms. The smallest absolute Gasteiger partial charge is 0.237 e. The van der Waals surface area contributed by atoms with Crippen LogP contribution in [-0.4, -0.2) is 55.2 Å². The summed E-state index contributed by atoms with van der Waals surface area (Å²) >= 11 is 0. The average molecular weight is 301 g/mol. The maximum atomic E-state index is 11.8. The number of amides is 1. The quantitative estimate of drug-likeness (QED) is 0.576. The number of nitrogens with one attached hydrogen (secondary N) is 1. The van der Waals surface area contributed by atoms with Crippen molar-refractivity contribution in [1.29, 1.82) is 0 Å². The van der Waals surface area contributed by atoms with Crippen molar-refractivity contribution in [2.24, 2.45) is 5.73 Å². The van der Waals surface area contributed by atoms with Crippen LogP contribution in [0.5, 0.6) is 0 Å². The number of nitrogens with two attached hydrogens (primary N) is 1. The van der Waals surface area contributed by atoms with Gasteiger partial charge in [-0.15, -0.1) is 0 Å². The molecule has 0 heterocycles. The molecule has 0 fully saturated rings. The first-order chi connectivity index (χ1) is 9.80. The van der Waals surface area contributed by atoms with Crippen LogP contribution in [0.3, 0.4) is 0 Å². The number of carbonyl (C=O) groups excluding carboxylic acids is 1. The Bertz CT molecular complexity index is 293. The van der Waals surface area contributed by atoms with Gasteiger partial charge in [0.05, 0.1) is 12.1 Å². The molecular weight excluding hydrogens is 266 g/mol. The van der Waals surface area contributed by atoms with E-state index in [1.165, 1.54) is 0 Å². The van der Waals surface area contributed by atoms with Gasteiger partial charge in [-0.3, -0.25) is 9.69 Å². The van der Waals surface area contributed by atoms with Crippen LogP contribution in [-0.2, 0) is 9.53 Å². The number of methoxy groups -OCH3 is 1. The molecule has 0 aliphatic heterocycles. The predicted octanol–water partition coefficient (Wildman–Crippen LogP) is 1.76. The normalized spacial score (nSPS) is 14.9. The Morgan fingerprint density at radius 2 is 1.86 bits per heavy atom. The summed E-state index contributed by atoms with van der Waals surface area (Å²) in [6, 6.07) is 0.749. The maximum absolute atomic E-state index is 11.8. The third kappa shape index (κ3) is 7.25. The Labute approximate surface area is 130 Å². The van der Waals surface area contributed by atoms with Crippen LogP contribution < -0.4 is 11.1 Å². The molecule has 5 heteroatoms. The zero-order valence-corrected chi connectivity index (χ0v) is 14.7. The Morgan fingerprint density at radius 1 is 1.29 bits per heavy atom. The molecule has 0 radical (unpaired) electrons. The molecule has 0 aliphatic rings. The van der Waals surface area contributed by atoms with E-state index in [2.05, 4.69) is 24.1 Å². The third-order valence-corrected chi connectivity index (χ3v) is 4.09. The van der Waals surface area contributed by atoms with Crippen molar-refractivity contribution >= 4 is 5.91 Å². The number of ether oxygens (including phenoxy) is 1. The molecule has 1 amide bonds.